The number of aryl methyl sites for hydroxylation is 1. The number of nitrogens with zero attached hydrogens (tertiary/aromatic N) is 2. The third-order valence-corrected chi connectivity index (χ3v) is 3.11. The molecule has 1 aromatic carbocycles. The molecule has 1 N–H and O–H groups in total. The molecule has 0 saturated heterocycles. The van der Waals surface area contributed by atoms with Gasteiger partial charge in [-0.1, -0.05) is 6.07 Å². The maximum absolute atomic E-state index is 12.3. The minimum absolute atomic E-state index is 0.108. The summed E-state index contributed by atoms with van der Waals surface area (Å²) in [6, 6.07) is 11.2. The fourth-order valence-electron chi connectivity index (χ4n) is 2.13. The number of carbonyl (C=O) groups excluding carboxylic acids is 1. The topological polar surface area (TPSA) is 46.9 Å². The van der Waals surface area contributed by atoms with Crippen LogP contribution in [0.3, 0.4) is 0 Å². The molecule has 0 fully saturated rings. The third-order valence-electron chi connectivity index (χ3n) is 3.11. The zero-order chi connectivity index (χ0) is 13.2. The van der Waals surface area contributed by atoms with E-state index in [-0.39, 0.29) is 5.91 Å². The Morgan fingerprint density at radius 3 is 2.74 bits per heavy atom. The fraction of sp³-hybridized carbons (Fsp3) is 0.0667. The van der Waals surface area contributed by atoms with Crippen LogP contribution in [0.25, 0.3) is 10.9 Å². The Kier molecular flexibility index (Phi) is 2.76. The second kappa shape index (κ2) is 4.57. The quantitative estimate of drug-likeness (QED) is 0.761. The standard InChI is InChI=1S/C15H13N3O/c1-18-10-7-12-13(3-2-4-14(12)18)15(19)17-11-5-8-16-9-6-11/h2-10H,1H3,(H,16,17,19). The van der Waals surface area contributed by atoms with E-state index in [1.54, 1.807) is 24.5 Å². The number of benzene rings is 1. The van der Waals surface area contributed by atoms with Crippen molar-refractivity contribution in [1.82, 2.24) is 9.55 Å². The molecule has 94 valence electrons. The Bertz CT molecular complexity index is 731. The van der Waals surface area contributed by atoms with E-state index in [4.69, 9.17) is 0 Å². The van der Waals surface area contributed by atoms with Gasteiger partial charge in [0, 0.05) is 47.8 Å². The average molecular weight is 251 g/mol. The summed E-state index contributed by atoms with van der Waals surface area (Å²) in [5.74, 6) is -0.108. The molecule has 3 aromatic rings. The number of amides is 1. The first-order chi connectivity index (χ1) is 9.25. The molecule has 2 heterocycles. The van der Waals surface area contributed by atoms with Gasteiger partial charge in [-0.05, 0) is 30.3 Å². The predicted octanol–water partition coefficient (Wildman–Crippen LogP) is 2.83. The first-order valence-electron chi connectivity index (χ1n) is 6.01. The van der Waals surface area contributed by atoms with Crippen LogP contribution in [0.15, 0.2) is 55.0 Å². The number of pyridine rings is 1. The lowest BCUT2D eigenvalue weighted by atomic mass is 10.1. The number of fused-ring (bicyclic) bond motifs is 1. The van der Waals surface area contributed by atoms with Gasteiger partial charge in [-0.3, -0.25) is 9.78 Å². The van der Waals surface area contributed by atoms with E-state index in [0.29, 0.717) is 5.56 Å². The maximum Gasteiger partial charge on any atom is 0.256 e. The molecule has 0 radical (unpaired) electrons. The summed E-state index contributed by atoms with van der Waals surface area (Å²) in [5.41, 5.74) is 2.46. The van der Waals surface area contributed by atoms with Crippen molar-refractivity contribution >= 4 is 22.5 Å². The van der Waals surface area contributed by atoms with E-state index in [9.17, 15) is 4.79 Å². The Hall–Kier alpha value is -2.62. The molecule has 4 heteroatoms. The zero-order valence-electron chi connectivity index (χ0n) is 10.5. The molecule has 2 aromatic heterocycles. The number of hydrogen-bond acceptors (Lipinski definition) is 2. The van der Waals surface area contributed by atoms with Gasteiger partial charge in [0.05, 0.1) is 0 Å². The van der Waals surface area contributed by atoms with Crippen molar-refractivity contribution in [3.8, 4) is 0 Å². The summed E-state index contributed by atoms with van der Waals surface area (Å²) in [7, 11) is 1.97. The van der Waals surface area contributed by atoms with E-state index in [1.165, 1.54) is 0 Å². The summed E-state index contributed by atoms with van der Waals surface area (Å²) >= 11 is 0. The summed E-state index contributed by atoms with van der Waals surface area (Å²) in [4.78, 5) is 16.2. The largest absolute Gasteiger partial charge is 0.351 e. The van der Waals surface area contributed by atoms with E-state index in [1.807, 2.05) is 42.1 Å². The number of aromatic nitrogens is 2. The smallest absolute Gasteiger partial charge is 0.256 e. The van der Waals surface area contributed by atoms with Crippen LogP contribution in [-0.4, -0.2) is 15.5 Å². The SMILES string of the molecule is Cn1ccc2c(C(=O)Nc3ccncc3)cccc21. The van der Waals surface area contributed by atoms with Crippen LogP contribution in [0.4, 0.5) is 5.69 Å². The van der Waals surface area contributed by atoms with Gasteiger partial charge in [0.25, 0.3) is 5.91 Å². The number of hydrogen-bond donors (Lipinski definition) is 1. The molecule has 0 bridgehead atoms. The van der Waals surface area contributed by atoms with Gasteiger partial charge in [0.2, 0.25) is 0 Å². The molecule has 0 atom stereocenters. The highest BCUT2D eigenvalue weighted by atomic mass is 16.1. The van der Waals surface area contributed by atoms with E-state index >= 15 is 0 Å². The van der Waals surface area contributed by atoms with Gasteiger partial charge in [0.1, 0.15) is 0 Å². The zero-order valence-corrected chi connectivity index (χ0v) is 10.5. The van der Waals surface area contributed by atoms with Crippen LogP contribution in [0.5, 0.6) is 0 Å². The van der Waals surface area contributed by atoms with Crippen LogP contribution in [-0.2, 0) is 7.05 Å². The van der Waals surface area contributed by atoms with Crippen LogP contribution in [0.1, 0.15) is 10.4 Å². The third kappa shape index (κ3) is 2.08. The number of carbonyl (C=O) groups is 1. The van der Waals surface area contributed by atoms with Crippen molar-refractivity contribution in [2.45, 2.75) is 0 Å². The van der Waals surface area contributed by atoms with Crippen molar-refractivity contribution in [3.63, 3.8) is 0 Å². The van der Waals surface area contributed by atoms with Crippen LogP contribution >= 0.6 is 0 Å². The van der Waals surface area contributed by atoms with Gasteiger partial charge in [-0.2, -0.15) is 0 Å². The number of nitrogens with one attached hydrogen (secondary N) is 1. The molecule has 0 aliphatic rings. The molecule has 1 amide bonds. The molecular weight excluding hydrogens is 238 g/mol. The van der Waals surface area contributed by atoms with Gasteiger partial charge in [-0.15, -0.1) is 0 Å². The molecule has 0 aliphatic heterocycles. The molecule has 0 saturated carbocycles. The summed E-state index contributed by atoms with van der Waals surface area (Å²) < 4.78 is 2.00. The van der Waals surface area contributed by atoms with E-state index < -0.39 is 0 Å². The van der Waals surface area contributed by atoms with Gasteiger partial charge < -0.3 is 9.88 Å². The van der Waals surface area contributed by atoms with Crippen LogP contribution < -0.4 is 5.32 Å². The van der Waals surface area contributed by atoms with E-state index in [2.05, 4.69) is 10.3 Å². The lowest BCUT2D eigenvalue weighted by Gasteiger charge is -2.06. The van der Waals surface area contributed by atoms with Crippen molar-refractivity contribution in [2.24, 2.45) is 7.05 Å². The van der Waals surface area contributed by atoms with Crippen molar-refractivity contribution in [1.29, 1.82) is 0 Å². The minimum atomic E-state index is -0.108. The van der Waals surface area contributed by atoms with Gasteiger partial charge in [-0.25, -0.2) is 0 Å². The molecular formula is C15H13N3O. The Morgan fingerprint density at radius 1 is 1.16 bits per heavy atom. The Labute approximate surface area is 110 Å². The van der Waals surface area contributed by atoms with Gasteiger partial charge in [0.15, 0.2) is 0 Å². The summed E-state index contributed by atoms with van der Waals surface area (Å²) in [5, 5.41) is 3.83. The highest BCUT2D eigenvalue weighted by Gasteiger charge is 2.11. The second-order valence-corrected chi connectivity index (χ2v) is 4.36. The first kappa shape index (κ1) is 11.5. The highest BCUT2D eigenvalue weighted by molar-refractivity contribution is 6.12. The Morgan fingerprint density at radius 2 is 1.95 bits per heavy atom. The first-order valence-corrected chi connectivity index (χ1v) is 6.01. The number of anilines is 1. The lowest BCUT2D eigenvalue weighted by Crippen LogP contribution is -2.12. The van der Waals surface area contributed by atoms with Crippen molar-refractivity contribution < 1.29 is 4.79 Å². The normalized spacial score (nSPS) is 10.6. The van der Waals surface area contributed by atoms with Crippen LogP contribution in [0, 0.1) is 0 Å². The fourth-order valence-corrected chi connectivity index (χ4v) is 2.13. The van der Waals surface area contributed by atoms with Crippen LogP contribution in [0.2, 0.25) is 0 Å². The second-order valence-electron chi connectivity index (χ2n) is 4.36. The number of rotatable bonds is 2. The Balaban J connectivity index is 1.98. The molecule has 4 nitrogen and oxygen atoms in total. The molecule has 0 unspecified atom stereocenters. The lowest BCUT2D eigenvalue weighted by molar-refractivity contribution is 0.102. The maximum atomic E-state index is 12.3. The predicted molar refractivity (Wildman–Crippen MR) is 75.1 cm³/mol. The summed E-state index contributed by atoms with van der Waals surface area (Å²) in [6.07, 6.45) is 5.26. The van der Waals surface area contributed by atoms with Crippen molar-refractivity contribution in [2.75, 3.05) is 5.32 Å². The van der Waals surface area contributed by atoms with E-state index in [0.717, 1.165) is 16.6 Å². The summed E-state index contributed by atoms with van der Waals surface area (Å²) in [6.45, 7) is 0. The average Bonchev–Trinajstić information content (AvgIpc) is 2.82. The molecule has 19 heavy (non-hydrogen) atoms. The monoisotopic (exact) mass is 251 g/mol. The molecule has 3 rings (SSSR count). The molecule has 0 spiro atoms. The van der Waals surface area contributed by atoms with Gasteiger partial charge >= 0.3 is 0 Å². The minimum Gasteiger partial charge on any atom is -0.351 e. The highest BCUT2D eigenvalue weighted by Crippen LogP contribution is 2.20. The van der Waals surface area contributed by atoms with Crippen molar-refractivity contribution in [3.05, 3.63) is 60.6 Å². The molecule has 0 aliphatic carbocycles.